The number of fused-ring (bicyclic) bond motifs is 1. The van der Waals surface area contributed by atoms with E-state index in [1.165, 1.54) is 6.20 Å². The van der Waals surface area contributed by atoms with Crippen molar-refractivity contribution in [2.75, 3.05) is 11.0 Å². The number of para-hydroxylation sites is 1. The van der Waals surface area contributed by atoms with Crippen LogP contribution in [0, 0.1) is 0 Å². The minimum atomic E-state index is -3.41. The van der Waals surface area contributed by atoms with E-state index in [4.69, 9.17) is 23.2 Å². The van der Waals surface area contributed by atoms with Gasteiger partial charge in [0, 0.05) is 11.6 Å². The van der Waals surface area contributed by atoms with Crippen molar-refractivity contribution in [1.29, 1.82) is 0 Å². The Kier molecular flexibility index (Phi) is 3.72. The molecule has 0 aliphatic heterocycles. The summed E-state index contributed by atoms with van der Waals surface area (Å²) in [6.07, 6.45) is 4.09. The van der Waals surface area contributed by atoms with Gasteiger partial charge in [0.15, 0.2) is 5.82 Å². The minimum Gasteiger partial charge on any atom is -0.298 e. The van der Waals surface area contributed by atoms with Crippen molar-refractivity contribution in [2.45, 2.75) is 0 Å². The van der Waals surface area contributed by atoms with Crippen molar-refractivity contribution in [1.82, 2.24) is 14.5 Å². The highest BCUT2D eigenvalue weighted by molar-refractivity contribution is 7.92. The molecule has 9 heteroatoms. The maximum absolute atomic E-state index is 11.5. The predicted octanol–water partition coefficient (Wildman–Crippen LogP) is 3.10. The first kappa shape index (κ1) is 15.1. The molecule has 0 fully saturated rings. The quantitative estimate of drug-likeness (QED) is 0.731. The van der Waals surface area contributed by atoms with E-state index in [-0.39, 0.29) is 5.28 Å². The van der Waals surface area contributed by atoms with Gasteiger partial charge in [0.1, 0.15) is 5.02 Å². The zero-order chi connectivity index (χ0) is 15.9. The molecule has 0 saturated heterocycles. The van der Waals surface area contributed by atoms with Crippen molar-refractivity contribution in [3.63, 3.8) is 0 Å². The summed E-state index contributed by atoms with van der Waals surface area (Å²) in [5.74, 6) is 0.374. The third-order valence-corrected chi connectivity index (χ3v) is 3.97. The van der Waals surface area contributed by atoms with E-state index < -0.39 is 10.0 Å². The van der Waals surface area contributed by atoms with Crippen LogP contribution in [0.2, 0.25) is 10.3 Å². The molecule has 1 aromatic carbocycles. The van der Waals surface area contributed by atoms with E-state index in [0.717, 1.165) is 17.2 Å². The van der Waals surface area contributed by atoms with Gasteiger partial charge in [0.2, 0.25) is 15.3 Å². The van der Waals surface area contributed by atoms with Crippen LogP contribution in [0.3, 0.4) is 0 Å². The van der Waals surface area contributed by atoms with Gasteiger partial charge in [-0.25, -0.2) is 13.4 Å². The van der Waals surface area contributed by atoms with E-state index in [9.17, 15) is 8.42 Å². The fourth-order valence-corrected chi connectivity index (χ4v) is 3.02. The van der Waals surface area contributed by atoms with Crippen LogP contribution in [-0.2, 0) is 10.0 Å². The fraction of sp³-hybridized carbons (Fsp3) is 0.0769. The van der Waals surface area contributed by atoms with Gasteiger partial charge >= 0.3 is 0 Å². The largest absolute Gasteiger partial charge is 0.298 e. The van der Waals surface area contributed by atoms with Gasteiger partial charge in [0.25, 0.3) is 0 Å². The molecule has 0 aliphatic rings. The lowest BCUT2D eigenvalue weighted by Crippen LogP contribution is -2.09. The number of benzene rings is 1. The normalized spacial score (nSPS) is 11.8. The second-order valence-corrected chi connectivity index (χ2v) is 7.11. The molecule has 0 saturated carbocycles. The first-order valence-corrected chi connectivity index (χ1v) is 8.76. The lowest BCUT2D eigenvalue weighted by atomic mass is 10.2. The molecule has 2 aromatic heterocycles. The van der Waals surface area contributed by atoms with Crippen molar-refractivity contribution in [3.05, 3.63) is 47.0 Å². The van der Waals surface area contributed by atoms with Crippen LogP contribution >= 0.6 is 23.2 Å². The highest BCUT2D eigenvalue weighted by Gasteiger charge is 2.15. The summed E-state index contributed by atoms with van der Waals surface area (Å²) in [6, 6.07) is 7.28. The molecule has 0 bridgehead atoms. The average molecular weight is 357 g/mol. The maximum Gasteiger partial charge on any atom is 0.229 e. The second-order valence-electron chi connectivity index (χ2n) is 4.61. The van der Waals surface area contributed by atoms with E-state index in [1.54, 1.807) is 16.8 Å². The van der Waals surface area contributed by atoms with Crippen LogP contribution in [0.5, 0.6) is 0 Å². The zero-order valence-electron chi connectivity index (χ0n) is 11.3. The molecular weight excluding hydrogens is 347 g/mol. The summed E-state index contributed by atoms with van der Waals surface area (Å²) in [5, 5.41) is 1.07. The minimum absolute atomic E-state index is 0.0507. The molecule has 6 nitrogen and oxygen atoms in total. The number of halogens is 2. The molecule has 0 spiro atoms. The van der Waals surface area contributed by atoms with Crippen LogP contribution in [0.1, 0.15) is 0 Å². The van der Waals surface area contributed by atoms with E-state index in [0.29, 0.717) is 16.5 Å². The van der Waals surface area contributed by atoms with Gasteiger partial charge in [-0.3, -0.25) is 9.29 Å². The summed E-state index contributed by atoms with van der Waals surface area (Å²) in [6.45, 7) is 0. The predicted molar refractivity (Wildman–Crippen MR) is 87.4 cm³/mol. The molecule has 114 valence electrons. The molecule has 1 N–H and O–H groups in total. The summed E-state index contributed by atoms with van der Waals surface area (Å²) in [4.78, 5) is 7.92. The number of anilines is 1. The average Bonchev–Trinajstić information content (AvgIpc) is 2.79. The van der Waals surface area contributed by atoms with Crippen molar-refractivity contribution in [3.8, 4) is 5.82 Å². The van der Waals surface area contributed by atoms with Crippen LogP contribution in [0.4, 0.5) is 5.69 Å². The van der Waals surface area contributed by atoms with Gasteiger partial charge in [-0.2, -0.15) is 4.98 Å². The highest BCUT2D eigenvalue weighted by atomic mass is 35.5. The molecule has 0 atom stereocenters. The van der Waals surface area contributed by atoms with Gasteiger partial charge < -0.3 is 0 Å². The molecule has 0 amide bonds. The number of sulfonamides is 1. The lowest BCUT2D eigenvalue weighted by molar-refractivity contribution is 0.607. The molecule has 0 aliphatic carbocycles. The van der Waals surface area contributed by atoms with Crippen LogP contribution < -0.4 is 4.72 Å². The Labute approximate surface area is 136 Å². The Morgan fingerprint density at radius 2 is 1.95 bits per heavy atom. The van der Waals surface area contributed by atoms with E-state index >= 15 is 0 Å². The Morgan fingerprint density at radius 1 is 1.23 bits per heavy atom. The van der Waals surface area contributed by atoms with Crippen LogP contribution in [0.25, 0.3) is 16.7 Å². The number of nitrogens with one attached hydrogen (secondary N) is 1. The Bertz CT molecular complexity index is 969. The van der Waals surface area contributed by atoms with Crippen LogP contribution in [0.15, 0.2) is 36.7 Å². The second kappa shape index (κ2) is 5.42. The number of nitrogens with zero attached hydrogens (tertiary/aromatic N) is 3. The maximum atomic E-state index is 11.5. The number of hydrogen-bond donors (Lipinski definition) is 1. The molecule has 0 unspecified atom stereocenters. The third kappa shape index (κ3) is 2.87. The third-order valence-electron chi connectivity index (χ3n) is 2.93. The van der Waals surface area contributed by atoms with Crippen molar-refractivity contribution >= 4 is 49.8 Å². The summed E-state index contributed by atoms with van der Waals surface area (Å²) < 4.78 is 27.2. The zero-order valence-corrected chi connectivity index (χ0v) is 13.6. The summed E-state index contributed by atoms with van der Waals surface area (Å²) in [7, 11) is -3.41. The van der Waals surface area contributed by atoms with E-state index in [1.807, 2.05) is 18.2 Å². The summed E-state index contributed by atoms with van der Waals surface area (Å²) >= 11 is 12.0. The highest BCUT2D eigenvalue weighted by Crippen LogP contribution is 2.31. The molecule has 0 radical (unpaired) electrons. The first-order chi connectivity index (χ1) is 10.3. The molecule has 2 heterocycles. The van der Waals surface area contributed by atoms with Gasteiger partial charge in [-0.15, -0.1) is 0 Å². The van der Waals surface area contributed by atoms with Crippen LogP contribution in [-0.4, -0.2) is 29.2 Å². The van der Waals surface area contributed by atoms with Gasteiger partial charge in [-0.05, 0) is 17.7 Å². The molecule has 3 aromatic rings. The standard InChI is InChI=1S/C13H10Cl2N4O2S/c1-22(20,21)18-10-7-19(11-5-3-2-4-8(10)11)12-9(14)6-16-13(15)17-12/h2-7,18H,1H3. The fourth-order valence-electron chi connectivity index (χ4n) is 2.14. The SMILES string of the molecule is CS(=O)(=O)Nc1cn(-c2nc(Cl)ncc2Cl)c2ccccc12. The Morgan fingerprint density at radius 3 is 2.68 bits per heavy atom. The first-order valence-electron chi connectivity index (χ1n) is 6.11. The molecule has 3 rings (SSSR count). The Balaban J connectivity index is 2.29. The topological polar surface area (TPSA) is 76.9 Å². The lowest BCUT2D eigenvalue weighted by Gasteiger charge is -2.06. The Hall–Kier alpha value is -1.83. The number of aromatic nitrogens is 3. The van der Waals surface area contributed by atoms with Crippen molar-refractivity contribution in [2.24, 2.45) is 0 Å². The number of rotatable bonds is 3. The number of hydrogen-bond acceptors (Lipinski definition) is 4. The summed E-state index contributed by atoms with van der Waals surface area (Å²) in [5.41, 5.74) is 1.18. The molecular formula is C13H10Cl2N4O2S. The monoisotopic (exact) mass is 356 g/mol. The molecule has 22 heavy (non-hydrogen) atoms. The van der Waals surface area contributed by atoms with Gasteiger partial charge in [0.05, 0.1) is 23.7 Å². The smallest absolute Gasteiger partial charge is 0.229 e. The van der Waals surface area contributed by atoms with E-state index in [2.05, 4.69) is 14.7 Å². The van der Waals surface area contributed by atoms with Crippen molar-refractivity contribution < 1.29 is 8.42 Å². The van der Waals surface area contributed by atoms with Gasteiger partial charge in [-0.1, -0.05) is 29.8 Å².